The lowest BCUT2D eigenvalue weighted by Gasteiger charge is -2.23. The van der Waals surface area contributed by atoms with Crippen molar-refractivity contribution in [1.29, 1.82) is 0 Å². The molecule has 1 nitrogen and oxygen atoms in total. The van der Waals surface area contributed by atoms with E-state index in [9.17, 15) is 0 Å². The van der Waals surface area contributed by atoms with Gasteiger partial charge in [0.05, 0.1) is 0 Å². The maximum absolute atomic E-state index is 3.69. The number of aryl methyl sites for hydroxylation is 2. The second kappa shape index (κ2) is 5.22. The van der Waals surface area contributed by atoms with Gasteiger partial charge in [-0.25, -0.2) is 0 Å². The average molecular weight is 231 g/mol. The maximum atomic E-state index is 3.69. The summed E-state index contributed by atoms with van der Waals surface area (Å²) in [6.45, 7) is 9.09. The van der Waals surface area contributed by atoms with Crippen LogP contribution in [0, 0.1) is 5.92 Å². The molecule has 0 fully saturated rings. The number of nitrogens with one attached hydrogen (secondary N) is 1. The van der Waals surface area contributed by atoms with Crippen molar-refractivity contribution in [2.75, 3.05) is 0 Å². The smallest absolute Gasteiger partial charge is 0.0294 e. The van der Waals surface area contributed by atoms with Crippen LogP contribution in [-0.4, -0.2) is 6.04 Å². The predicted molar refractivity (Wildman–Crippen MR) is 74.3 cm³/mol. The Bertz CT molecular complexity index is 381. The predicted octanol–water partition coefficient (Wildman–Crippen LogP) is 3.87. The number of hydrogen-bond donors (Lipinski definition) is 1. The molecule has 0 aromatic heterocycles. The molecule has 1 aliphatic carbocycles. The SMILES string of the molecule is CC(NC(C)C(C)C)c1ccc2c(c1)CCC2. The molecule has 0 saturated carbocycles. The van der Waals surface area contributed by atoms with Gasteiger partial charge in [0, 0.05) is 12.1 Å². The molecule has 0 heterocycles. The van der Waals surface area contributed by atoms with Crippen LogP contribution in [-0.2, 0) is 12.8 Å². The zero-order chi connectivity index (χ0) is 12.4. The first-order valence-electron chi connectivity index (χ1n) is 6.95. The third-order valence-corrected chi connectivity index (χ3v) is 4.14. The number of rotatable bonds is 4. The highest BCUT2D eigenvalue weighted by Gasteiger charge is 2.15. The molecule has 1 N–H and O–H groups in total. The minimum absolute atomic E-state index is 0.457. The summed E-state index contributed by atoms with van der Waals surface area (Å²) in [7, 11) is 0. The quantitative estimate of drug-likeness (QED) is 0.829. The molecule has 2 rings (SSSR count). The molecule has 1 heteroatoms. The first-order chi connectivity index (χ1) is 8.08. The fourth-order valence-electron chi connectivity index (χ4n) is 2.54. The topological polar surface area (TPSA) is 12.0 Å². The Labute approximate surface area is 106 Å². The summed E-state index contributed by atoms with van der Waals surface area (Å²) in [5, 5.41) is 3.69. The van der Waals surface area contributed by atoms with E-state index in [0.29, 0.717) is 18.0 Å². The monoisotopic (exact) mass is 231 g/mol. The Morgan fingerprint density at radius 2 is 1.71 bits per heavy atom. The van der Waals surface area contributed by atoms with Gasteiger partial charge < -0.3 is 5.32 Å². The molecule has 0 saturated heterocycles. The van der Waals surface area contributed by atoms with Gasteiger partial charge in [0.1, 0.15) is 0 Å². The van der Waals surface area contributed by atoms with E-state index in [1.807, 2.05) is 0 Å². The zero-order valence-corrected chi connectivity index (χ0v) is 11.6. The summed E-state index contributed by atoms with van der Waals surface area (Å²) >= 11 is 0. The van der Waals surface area contributed by atoms with Gasteiger partial charge in [-0.3, -0.25) is 0 Å². The van der Waals surface area contributed by atoms with Crippen molar-refractivity contribution in [3.8, 4) is 0 Å². The van der Waals surface area contributed by atoms with E-state index in [-0.39, 0.29) is 0 Å². The van der Waals surface area contributed by atoms with Crippen molar-refractivity contribution in [2.24, 2.45) is 5.92 Å². The lowest BCUT2D eigenvalue weighted by molar-refractivity contribution is 0.389. The average Bonchev–Trinajstić information content (AvgIpc) is 2.75. The Morgan fingerprint density at radius 1 is 1.00 bits per heavy atom. The van der Waals surface area contributed by atoms with Crippen molar-refractivity contribution in [3.63, 3.8) is 0 Å². The van der Waals surface area contributed by atoms with Crippen molar-refractivity contribution in [3.05, 3.63) is 34.9 Å². The van der Waals surface area contributed by atoms with Gasteiger partial charge in [-0.05, 0) is 55.7 Å². The first-order valence-corrected chi connectivity index (χ1v) is 6.95. The van der Waals surface area contributed by atoms with Crippen LogP contribution < -0.4 is 5.32 Å². The molecule has 2 unspecified atom stereocenters. The van der Waals surface area contributed by atoms with Crippen LogP contribution in [0.15, 0.2) is 18.2 Å². The largest absolute Gasteiger partial charge is 0.307 e. The van der Waals surface area contributed by atoms with Crippen LogP contribution in [0.4, 0.5) is 0 Å². The van der Waals surface area contributed by atoms with Crippen molar-refractivity contribution in [1.82, 2.24) is 5.32 Å². The fraction of sp³-hybridized carbons (Fsp3) is 0.625. The summed E-state index contributed by atoms with van der Waals surface area (Å²) < 4.78 is 0. The second-order valence-corrected chi connectivity index (χ2v) is 5.80. The Morgan fingerprint density at radius 3 is 2.41 bits per heavy atom. The van der Waals surface area contributed by atoms with E-state index in [2.05, 4.69) is 51.2 Å². The first kappa shape index (κ1) is 12.6. The van der Waals surface area contributed by atoms with E-state index < -0.39 is 0 Å². The summed E-state index contributed by atoms with van der Waals surface area (Å²) in [6, 6.07) is 8.06. The molecular weight excluding hydrogens is 206 g/mol. The van der Waals surface area contributed by atoms with E-state index >= 15 is 0 Å². The zero-order valence-electron chi connectivity index (χ0n) is 11.6. The molecule has 0 bridgehead atoms. The van der Waals surface area contributed by atoms with Crippen LogP contribution in [0.3, 0.4) is 0 Å². The minimum Gasteiger partial charge on any atom is -0.307 e. The molecule has 1 aromatic rings. The van der Waals surface area contributed by atoms with Crippen molar-refractivity contribution >= 4 is 0 Å². The molecule has 1 aliphatic rings. The van der Waals surface area contributed by atoms with Gasteiger partial charge in [0.25, 0.3) is 0 Å². The van der Waals surface area contributed by atoms with E-state index in [1.165, 1.54) is 24.8 Å². The second-order valence-electron chi connectivity index (χ2n) is 5.80. The Kier molecular flexibility index (Phi) is 3.88. The molecule has 0 radical (unpaired) electrons. The number of hydrogen-bond acceptors (Lipinski definition) is 1. The van der Waals surface area contributed by atoms with Gasteiger partial charge in [0.15, 0.2) is 0 Å². The highest BCUT2D eigenvalue weighted by molar-refractivity contribution is 5.36. The van der Waals surface area contributed by atoms with E-state index in [1.54, 1.807) is 11.1 Å². The van der Waals surface area contributed by atoms with Crippen LogP contribution in [0.5, 0.6) is 0 Å². The highest BCUT2D eigenvalue weighted by Crippen LogP contribution is 2.25. The summed E-state index contributed by atoms with van der Waals surface area (Å²) in [6.07, 6.45) is 3.89. The molecule has 1 aromatic carbocycles. The third-order valence-electron chi connectivity index (χ3n) is 4.14. The third kappa shape index (κ3) is 2.90. The normalized spacial score (nSPS) is 18.2. The molecule has 0 amide bonds. The standard InChI is InChI=1S/C16H25N/c1-11(2)12(3)17-13(4)15-9-8-14-6-5-7-16(14)10-15/h8-13,17H,5-7H2,1-4H3. The van der Waals surface area contributed by atoms with E-state index in [4.69, 9.17) is 0 Å². The van der Waals surface area contributed by atoms with Crippen LogP contribution in [0.2, 0.25) is 0 Å². The molecule has 17 heavy (non-hydrogen) atoms. The Hall–Kier alpha value is -0.820. The van der Waals surface area contributed by atoms with Gasteiger partial charge in [-0.1, -0.05) is 32.0 Å². The molecular formula is C16H25N. The lowest BCUT2D eigenvalue weighted by atomic mass is 9.99. The minimum atomic E-state index is 0.457. The fourth-order valence-corrected chi connectivity index (χ4v) is 2.54. The molecule has 2 atom stereocenters. The van der Waals surface area contributed by atoms with Gasteiger partial charge in [-0.15, -0.1) is 0 Å². The Balaban J connectivity index is 2.07. The number of fused-ring (bicyclic) bond motifs is 1. The van der Waals surface area contributed by atoms with Crippen LogP contribution >= 0.6 is 0 Å². The summed E-state index contributed by atoms with van der Waals surface area (Å²) in [5.74, 6) is 0.687. The summed E-state index contributed by atoms with van der Waals surface area (Å²) in [4.78, 5) is 0. The van der Waals surface area contributed by atoms with Gasteiger partial charge >= 0.3 is 0 Å². The van der Waals surface area contributed by atoms with E-state index in [0.717, 1.165) is 0 Å². The molecule has 0 aliphatic heterocycles. The van der Waals surface area contributed by atoms with Crippen molar-refractivity contribution < 1.29 is 0 Å². The van der Waals surface area contributed by atoms with Crippen LogP contribution in [0.1, 0.15) is 56.8 Å². The van der Waals surface area contributed by atoms with Gasteiger partial charge in [-0.2, -0.15) is 0 Å². The molecule has 94 valence electrons. The van der Waals surface area contributed by atoms with Crippen molar-refractivity contribution in [2.45, 2.75) is 59.0 Å². The maximum Gasteiger partial charge on any atom is 0.0294 e. The molecule has 0 spiro atoms. The lowest BCUT2D eigenvalue weighted by Crippen LogP contribution is -2.33. The number of benzene rings is 1. The summed E-state index contributed by atoms with van der Waals surface area (Å²) in [5.41, 5.74) is 4.59. The highest BCUT2D eigenvalue weighted by atomic mass is 14.9. The van der Waals surface area contributed by atoms with Gasteiger partial charge in [0.2, 0.25) is 0 Å². The van der Waals surface area contributed by atoms with Crippen LogP contribution in [0.25, 0.3) is 0 Å².